The number of para-hydroxylation sites is 2. The maximum absolute atomic E-state index is 13.2. The van der Waals surface area contributed by atoms with E-state index in [1.807, 2.05) is 17.0 Å². The minimum atomic E-state index is -0.418. The molecule has 30 heavy (non-hydrogen) atoms. The Labute approximate surface area is 174 Å². The van der Waals surface area contributed by atoms with Gasteiger partial charge in [0.15, 0.2) is 5.78 Å². The molecular formula is C24H21FN2O3. The van der Waals surface area contributed by atoms with E-state index in [9.17, 15) is 19.1 Å². The SMILES string of the molecule is O=C(c1ccc(F)cc1)c1ccccc1C(=O)N1CCN(c2ccccc2O)CC1. The quantitative estimate of drug-likeness (QED) is 0.674. The molecule has 0 atom stereocenters. The van der Waals surface area contributed by atoms with Crippen molar-refractivity contribution in [3.63, 3.8) is 0 Å². The van der Waals surface area contributed by atoms with Gasteiger partial charge in [0, 0.05) is 37.3 Å². The van der Waals surface area contributed by atoms with Crippen molar-refractivity contribution in [2.45, 2.75) is 0 Å². The Bertz CT molecular complexity index is 1070. The summed E-state index contributed by atoms with van der Waals surface area (Å²) in [5.41, 5.74) is 1.72. The standard InChI is InChI=1S/C24H21FN2O3/c25-18-11-9-17(10-12-18)23(29)19-5-1-2-6-20(19)24(30)27-15-13-26(14-16-27)21-7-3-4-8-22(21)28/h1-12,28H,13-16H2. The Morgan fingerprint density at radius 3 is 2.03 bits per heavy atom. The number of carbonyl (C=O) groups is 2. The average Bonchev–Trinajstić information content (AvgIpc) is 2.79. The molecule has 1 aliphatic heterocycles. The number of ketones is 1. The summed E-state index contributed by atoms with van der Waals surface area (Å²) in [6.07, 6.45) is 0. The van der Waals surface area contributed by atoms with E-state index in [4.69, 9.17) is 0 Å². The van der Waals surface area contributed by atoms with Crippen LogP contribution in [0.4, 0.5) is 10.1 Å². The zero-order valence-corrected chi connectivity index (χ0v) is 16.3. The fourth-order valence-electron chi connectivity index (χ4n) is 3.68. The summed E-state index contributed by atoms with van der Waals surface area (Å²) in [5, 5.41) is 10.1. The smallest absolute Gasteiger partial charge is 0.254 e. The lowest BCUT2D eigenvalue weighted by atomic mass is 9.97. The van der Waals surface area contributed by atoms with Gasteiger partial charge in [-0.2, -0.15) is 0 Å². The summed E-state index contributed by atoms with van der Waals surface area (Å²) in [5.74, 6) is -0.726. The molecule has 0 aromatic heterocycles. The first kappa shape index (κ1) is 19.6. The highest BCUT2D eigenvalue weighted by molar-refractivity contribution is 6.15. The second-order valence-electron chi connectivity index (χ2n) is 7.15. The molecule has 1 N–H and O–H groups in total. The maximum atomic E-state index is 13.2. The van der Waals surface area contributed by atoms with Crippen LogP contribution in [0.3, 0.4) is 0 Å². The number of nitrogens with zero attached hydrogens (tertiary/aromatic N) is 2. The zero-order chi connectivity index (χ0) is 21.1. The zero-order valence-electron chi connectivity index (χ0n) is 16.3. The van der Waals surface area contributed by atoms with Crippen molar-refractivity contribution in [1.29, 1.82) is 0 Å². The Morgan fingerprint density at radius 2 is 1.37 bits per heavy atom. The van der Waals surface area contributed by atoms with Gasteiger partial charge in [0.1, 0.15) is 11.6 Å². The summed E-state index contributed by atoms with van der Waals surface area (Å²) >= 11 is 0. The number of rotatable bonds is 4. The van der Waals surface area contributed by atoms with Gasteiger partial charge in [-0.3, -0.25) is 9.59 Å². The van der Waals surface area contributed by atoms with Crippen molar-refractivity contribution < 1.29 is 19.1 Å². The van der Waals surface area contributed by atoms with Gasteiger partial charge in [0.25, 0.3) is 5.91 Å². The topological polar surface area (TPSA) is 60.9 Å². The van der Waals surface area contributed by atoms with Crippen LogP contribution in [0.5, 0.6) is 5.75 Å². The molecule has 1 aliphatic rings. The predicted molar refractivity (Wildman–Crippen MR) is 112 cm³/mol. The van der Waals surface area contributed by atoms with Gasteiger partial charge in [0.05, 0.1) is 11.3 Å². The normalized spacial score (nSPS) is 13.9. The third-order valence-corrected chi connectivity index (χ3v) is 5.30. The third-order valence-electron chi connectivity index (χ3n) is 5.30. The lowest BCUT2D eigenvalue weighted by Crippen LogP contribution is -2.49. The van der Waals surface area contributed by atoms with Crippen LogP contribution in [-0.4, -0.2) is 47.9 Å². The highest BCUT2D eigenvalue weighted by atomic mass is 19.1. The molecule has 0 unspecified atom stereocenters. The first-order valence-electron chi connectivity index (χ1n) is 9.76. The molecule has 0 radical (unpaired) electrons. The van der Waals surface area contributed by atoms with E-state index in [0.717, 1.165) is 5.69 Å². The summed E-state index contributed by atoms with van der Waals surface area (Å²) in [6.45, 7) is 2.12. The fraction of sp³-hybridized carbons (Fsp3) is 0.167. The third kappa shape index (κ3) is 3.89. The fourth-order valence-corrected chi connectivity index (χ4v) is 3.68. The Balaban J connectivity index is 1.51. The monoisotopic (exact) mass is 404 g/mol. The van der Waals surface area contributed by atoms with Crippen LogP contribution in [0, 0.1) is 5.82 Å². The van der Waals surface area contributed by atoms with Crippen molar-refractivity contribution in [2.24, 2.45) is 0 Å². The van der Waals surface area contributed by atoms with Gasteiger partial charge in [-0.25, -0.2) is 4.39 Å². The van der Waals surface area contributed by atoms with E-state index in [-0.39, 0.29) is 17.4 Å². The number of piperazine rings is 1. The number of carbonyl (C=O) groups excluding carboxylic acids is 2. The van der Waals surface area contributed by atoms with Gasteiger partial charge in [-0.1, -0.05) is 30.3 Å². The van der Waals surface area contributed by atoms with Crippen molar-refractivity contribution in [1.82, 2.24) is 4.90 Å². The highest BCUT2D eigenvalue weighted by Crippen LogP contribution is 2.27. The second kappa shape index (κ2) is 8.37. The lowest BCUT2D eigenvalue weighted by molar-refractivity contribution is 0.0742. The number of phenols is 1. The number of amides is 1. The number of halogens is 1. The van der Waals surface area contributed by atoms with Gasteiger partial charge < -0.3 is 14.9 Å². The Hall–Kier alpha value is -3.67. The lowest BCUT2D eigenvalue weighted by Gasteiger charge is -2.36. The molecule has 6 heteroatoms. The van der Waals surface area contributed by atoms with E-state index in [1.165, 1.54) is 24.3 Å². The minimum absolute atomic E-state index is 0.210. The molecule has 152 valence electrons. The molecule has 0 bridgehead atoms. The van der Waals surface area contributed by atoms with E-state index in [0.29, 0.717) is 42.9 Å². The molecule has 0 spiro atoms. The van der Waals surface area contributed by atoms with Crippen molar-refractivity contribution in [2.75, 3.05) is 31.1 Å². The number of aromatic hydroxyl groups is 1. The number of hydrogen-bond acceptors (Lipinski definition) is 4. The van der Waals surface area contributed by atoms with Gasteiger partial charge >= 0.3 is 0 Å². The number of phenolic OH excluding ortho intramolecular Hbond substituents is 1. The molecule has 1 saturated heterocycles. The Morgan fingerprint density at radius 1 is 0.767 bits per heavy atom. The first-order valence-corrected chi connectivity index (χ1v) is 9.76. The highest BCUT2D eigenvalue weighted by Gasteiger charge is 2.26. The predicted octanol–water partition coefficient (Wildman–Crippen LogP) is 3.72. The summed E-state index contributed by atoms with van der Waals surface area (Å²) in [7, 11) is 0. The first-order chi connectivity index (χ1) is 14.5. The molecule has 5 nitrogen and oxygen atoms in total. The number of hydrogen-bond donors (Lipinski definition) is 1. The summed E-state index contributed by atoms with van der Waals surface area (Å²) in [4.78, 5) is 29.8. The van der Waals surface area contributed by atoms with Crippen LogP contribution >= 0.6 is 0 Å². The average molecular weight is 404 g/mol. The number of benzene rings is 3. The molecule has 3 aromatic carbocycles. The molecule has 1 heterocycles. The minimum Gasteiger partial charge on any atom is -0.506 e. The molecule has 0 aliphatic carbocycles. The van der Waals surface area contributed by atoms with Crippen LogP contribution in [0.25, 0.3) is 0 Å². The van der Waals surface area contributed by atoms with Crippen LogP contribution in [0.1, 0.15) is 26.3 Å². The molecular weight excluding hydrogens is 383 g/mol. The molecule has 0 saturated carbocycles. The van der Waals surface area contributed by atoms with Crippen LogP contribution in [0.2, 0.25) is 0 Å². The number of anilines is 1. The summed E-state index contributed by atoms with van der Waals surface area (Å²) < 4.78 is 13.2. The van der Waals surface area contributed by atoms with Crippen molar-refractivity contribution >= 4 is 17.4 Å². The second-order valence-corrected chi connectivity index (χ2v) is 7.15. The van der Waals surface area contributed by atoms with E-state index in [1.54, 1.807) is 41.3 Å². The largest absolute Gasteiger partial charge is 0.506 e. The van der Waals surface area contributed by atoms with E-state index >= 15 is 0 Å². The van der Waals surface area contributed by atoms with Crippen molar-refractivity contribution in [3.05, 3.63) is 95.3 Å². The van der Waals surface area contributed by atoms with E-state index in [2.05, 4.69) is 0 Å². The van der Waals surface area contributed by atoms with E-state index < -0.39 is 5.82 Å². The van der Waals surface area contributed by atoms with Gasteiger partial charge in [-0.15, -0.1) is 0 Å². The van der Waals surface area contributed by atoms with Gasteiger partial charge in [0.2, 0.25) is 0 Å². The van der Waals surface area contributed by atoms with Crippen LogP contribution in [0.15, 0.2) is 72.8 Å². The molecule has 1 fully saturated rings. The molecule has 4 rings (SSSR count). The maximum Gasteiger partial charge on any atom is 0.254 e. The molecule has 1 amide bonds. The van der Waals surface area contributed by atoms with Gasteiger partial charge in [-0.05, 0) is 42.5 Å². The summed E-state index contributed by atoms with van der Waals surface area (Å²) in [6, 6.07) is 19.1. The van der Waals surface area contributed by atoms with Crippen LogP contribution < -0.4 is 4.90 Å². The van der Waals surface area contributed by atoms with Crippen molar-refractivity contribution in [3.8, 4) is 5.75 Å². The molecule has 3 aromatic rings. The Kier molecular flexibility index (Phi) is 5.48. The van der Waals surface area contributed by atoms with Crippen LogP contribution in [-0.2, 0) is 0 Å².